The fraction of sp³-hybridized carbons (Fsp3) is 0.688. The van der Waals surface area contributed by atoms with Crippen molar-refractivity contribution < 1.29 is 14.6 Å². The van der Waals surface area contributed by atoms with Gasteiger partial charge in [-0.15, -0.1) is 11.3 Å². The van der Waals surface area contributed by atoms with E-state index in [1.165, 1.54) is 4.88 Å². The predicted molar refractivity (Wildman–Crippen MR) is 86.0 cm³/mol. The minimum Gasteiger partial charge on any atom is -0.387 e. The Kier molecular flexibility index (Phi) is 5.13. The number of aliphatic hydroxyl groups is 1. The lowest BCUT2D eigenvalue weighted by Gasteiger charge is -2.33. The van der Waals surface area contributed by atoms with E-state index in [2.05, 4.69) is 11.0 Å². The number of rotatable bonds is 5. The zero-order valence-electron chi connectivity index (χ0n) is 12.9. The molecule has 1 amide bonds. The van der Waals surface area contributed by atoms with Crippen LogP contribution in [0.3, 0.4) is 0 Å². The first-order chi connectivity index (χ1) is 10.6. The molecular weight excluding hydrogens is 300 g/mol. The molecule has 1 unspecified atom stereocenters. The Morgan fingerprint density at radius 2 is 2.18 bits per heavy atom. The summed E-state index contributed by atoms with van der Waals surface area (Å²) in [4.78, 5) is 17.6. The van der Waals surface area contributed by atoms with Crippen molar-refractivity contribution in [1.82, 2.24) is 9.80 Å². The van der Waals surface area contributed by atoms with E-state index in [9.17, 15) is 9.90 Å². The van der Waals surface area contributed by atoms with Gasteiger partial charge in [0.25, 0.3) is 0 Å². The number of hydrogen-bond donors (Lipinski definition) is 1. The number of aryl methyl sites for hydroxylation is 1. The van der Waals surface area contributed by atoms with E-state index >= 15 is 0 Å². The third-order valence-corrected chi connectivity index (χ3v) is 5.41. The Balaban J connectivity index is 1.46. The largest absolute Gasteiger partial charge is 0.387 e. The topological polar surface area (TPSA) is 53.0 Å². The highest BCUT2D eigenvalue weighted by molar-refractivity contribution is 7.09. The molecule has 2 fully saturated rings. The molecule has 2 aliphatic heterocycles. The number of morpholine rings is 1. The zero-order valence-corrected chi connectivity index (χ0v) is 13.7. The molecule has 0 aromatic carbocycles. The summed E-state index contributed by atoms with van der Waals surface area (Å²) in [5.41, 5.74) is -0.754. The van der Waals surface area contributed by atoms with Gasteiger partial charge >= 0.3 is 0 Å². The van der Waals surface area contributed by atoms with Crippen molar-refractivity contribution in [2.45, 2.75) is 24.9 Å². The molecule has 3 heterocycles. The van der Waals surface area contributed by atoms with Crippen molar-refractivity contribution in [1.29, 1.82) is 0 Å². The number of β-amino-alcohol motifs (C(OH)–C–C–N with tert-alkyl or cyclic N) is 1. The summed E-state index contributed by atoms with van der Waals surface area (Å²) in [6.07, 6.45) is 2.01. The number of hydrogen-bond acceptors (Lipinski definition) is 5. The van der Waals surface area contributed by atoms with Crippen LogP contribution in [0.4, 0.5) is 0 Å². The summed E-state index contributed by atoms with van der Waals surface area (Å²) in [6.45, 7) is 4.99. The average molecular weight is 324 g/mol. The van der Waals surface area contributed by atoms with Gasteiger partial charge in [0.2, 0.25) is 5.91 Å². The quantitative estimate of drug-likeness (QED) is 0.877. The Morgan fingerprint density at radius 1 is 1.36 bits per heavy atom. The molecule has 0 bridgehead atoms. The third kappa shape index (κ3) is 4.07. The molecule has 1 aromatic rings. The number of ether oxygens (including phenoxy) is 1. The molecule has 1 N–H and O–H groups in total. The van der Waals surface area contributed by atoms with E-state index in [0.29, 0.717) is 32.5 Å². The number of likely N-dealkylation sites (tertiary alicyclic amines) is 1. The van der Waals surface area contributed by atoms with Crippen molar-refractivity contribution in [3.8, 4) is 0 Å². The van der Waals surface area contributed by atoms with Crippen LogP contribution in [0, 0.1) is 0 Å². The van der Waals surface area contributed by atoms with Gasteiger partial charge in [0.05, 0.1) is 25.4 Å². The number of amides is 1. The van der Waals surface area contributed by atoms with Crippen molar-refractivity contribution >= 4 is 17.2 Å². The van der Waals surface area contributed by atoms with Crippen LogP contribution in [0.25, 0.3) is 0 Å². The highest BCUT2D eigenvalue weighted by Crippen LogP contribution is 2.24. The van der Waals surface area contributed by atoms with Crippen LogP contribution in [-0.4, -0.2) is 72.4 Å². The number of thiophene rings is 1. The van der Waals surface area contributed by atoms with Crippen molar-refractivity contribution in [2.75, 3.05) is 45.9 Å². The molecule has 2 saturated heterocycles. The van der Waals surface area contributed by atoms with Gasteiger partial charge in [-0.3, -0.25) is 9.69 Å². The Hall–Kier alpha value is -0.950. The minimum atomic E-state index is -0.754. The van der Waals surface area contributed by atoms with Crippen LogP contribution >= 0.6 is 11.3 Å². The van der Waals surface area contributed by atoms with E-state index in [0.717, 1.165) is 32.7 Å². The van der Waals surface area contributed by atoms with Gasteiger partial charge < -0.3 is 14.7 Å². The van der Waals surface area contributed by atoms with Crippen LogP contribution in [0.2, 0.25) is 0 Å². The first kappa shape index (κ1) is 15.9. The first-order valence-corrected chi connectivity index (χ1v) is 8.85. The third-order valence-electron chi connectivity index (χ3n) is 4.47. The van der Waals surface area contributed by atoms with Gasteiger partial charge in [-0.2, -0.15) is 0 Å². The lowest BCUT2D eigenvalue weighted by atomic mass is 10.0. The summed E-state index contributed by atoms with van der Waals surface area (Å²) in [5.74, 6) is 0.159. The molecule has 1 aromatic heterocycles. The molecule has 0 radical (unpaired) electrons. The fourth-order valence-electron chi connectivity index (χ4n) is 3.22. The molecular formula is C16H24N2O3S. The smallest absolute Gasteiger partial charge is 0.223 e. The minimum absolute atomic E-state index is 0.159. The van der Waals surface area contributed by atoms with E-state index in [1.807, 2.05) is 16.3 Å². The average Bonchev–Trinajstić information content (AvgIpc) is 3.16. The molecule has 5 nitrogen and oxygen atoms in total. The molecule has 122 valence electrons. The van der Waals surface area contributed by atoms with Gasteiger partial charge in [0.1, 0.15) is 0 Å². The van der Waals surface area contributed by atoms with Crippen molar-refractivity contribution in [3.05, 3.63) is 22.4 Å². The maximum atomic E-state index is 12.3. The lowest BCUT2D eigenvalue weighted by molar-refractivity contribution is -0.131. The van der Waals surface area contributed by atoms with Gasteiger partial charge in [-0.05, 0) is 24.3 Å². The second-order valence-electron chi connectivity index (χ2n) is 6.26. The molecule has 0 aliphatic carbocycles. The molecule has 0 saturated carbocycles. The van der Waals surface area contributed by atoms with Gasteiger partial charge in [-0.1, -0.05) is 6.07 Å². The predicted octanol–water partition coefficient (Wildman–Crippen LogP) is 0.976. The van der Waals surface area contributed by atoms with Gasteiger partial charge in [-0.25, -0.2) is 0 Å². The molecule has 0 spiro atoms. The Morgan fingerprint density at radius 3 is 2.91 bits per heavy atom. The summed E-state index contributed by atoms with van der Waals surface area (Å²) in [5, 5.41) is 12.8. The lowest BCUT2D eigenvalue weighted by Crippen LogP contribution is -2.49. The van der Waals surface area contributed by atoms with Crippen LogP contribution in [0.15, 0.2) is 17.5 Å². The zero-order chi connectivity index (χ0) is 15.4. The molecule has 2 aliphatic rings. The van der Waals surface area contributed by atoms with Crippen LogP contribution < -0.4 is 0 Å². The summed E-state index contributed by atoms with van der Waals surface area (Å²) in [7, 11) is 0. The molecule has 3 rings (SSSR count). The highest BCUT2D eigenvalue weighted by atomic mass is 32.1. The van der Waals surface area contributed by atoms with Gasteiger partial charge in [0.15, 0.2) is 0 Å². The number of nitrogens with zero attached hydrogens (tertiary/aromatic N) is 2. The first-order valence-electron chi connectivity index (χ1n) is 7.97. The Labute approximate surface area is 135 Å². The number of carbonyl (C=O) groups is 1. The van der Waals surface area contributed by atoms with Crippen molar-refractivity contribution in [3.63, 3.8) is 0 Å². The summed E-state index contributed by atoms with van der Waals surface area (Å²) >= 11 is 1.69. The standard InChI is InChI=1S/C16H24N2O3S/c19-15(4-3-14-2-1-11-22-14)18-6-5-16(20,13-18)12-17-7-9-21-10-8-17/h1-2,11,20H,3-10,12-13H2. The normalized spacial score (nSPS) is 26.5. The van der Waals surface area contributed by atoms with Crippen LogP contribution in [0.1, 0.15) is 17.7 Å². The van der Waals surface area contributed by atoms with E-state index in [1.54, 1.807) is 11.3 Å². The molecule has 6 heteroatoms. The Bertz CT molecular complexity index is 488. The second-order valence-corrected chi connectivity index (χ2v) is 7.29. The molecule has 22 heavy (non-hydrogen) atoms. The maximum absolute atomic E-state index is 12.3. The van der Waals surface area contributed by atoms with Crippen LogP contribution in [-0.2, 0) is 16.0 Å². The monoisotopic (exact) mass is 324 g/mol. The van der Waals surface area contributed by atoms with Crippen molar-refractivity contribution in [2.24, 2.45) is 0 Å². The fourth-order valence-corrected chi connectivity index (χ4v) is 3.93. The SMILES string of the molecule is O=C(CCc1cccs1)N1CCC(O)(CN2CCOCC2)C1. The van der Waals surface area contributed by atoms with E-state index in [-0.39, 0.29) is 5.91 Å². The second kappa shape index (κ2) is 7.08. The van der Waals surface area contributed by atoms with Gasteiger partial charge in [0, 0.05) is 37.5 Å². The summed E-state index contributed by atoms with van der Waals surface area (Å²) < 4.78 is 5.34. The molecule has 1 atom stereocenters. The van der Waals surface area contributed by atoms with Crippen LogP contribution in [0.5, 0.6) is 0 Å². The maximum Gasteiger partial charge on any atom is 0.223 e. The summed E-state index contributed by atoms with van der Waals surface area (Å²) in [6, 6.07) is 4.08. The highest BCUT2D eigenvalue weighted by Gasteiger charge is 2.39. The number of carbonyl (C=O) groups excluding carboxylic acids is 1. The van der Waals surface area contributed by atoms with E-state index < -0.39 is 5.60 Å². The van der Waals surface area contributed by atoms with E-state index in [4.69, 9.17) is 4.74 Å².